The molecule has 1 aliphatic heterocycles. The van der Waals surface area contributed by atoms with Gasteiger partial charge in [0.25, 0.3) is 0 Å². The summed E-state index contributed by atoms with van der Waals surface area (Å²) in [7, 11) is 0. The van der Waals surface area contributed by atoms with Gasteiger partial charge in [-0.05, 0) is 73.9 Å². The Labute approximate surface area is 190 Å². The van der Waals surface area contributed by atoms with E-state index in [4.69, 9.17) is 16.6 Å². The molecule has 1 aromatic carbocycles. The number of hydrogen-bond acceptors (Lipinski definition) is 3. The fourth-order valence-electron chi connectivity index (χ4n) is 4.72. The highest BCUT2D eigenvalue weighted by Crippen LogP contribution is 2.44. The summed E-state index contributed by atoms with van der Waals surface area (Å²) in [5, 5.41) is 4.34. The number of nitrogens with one attached hydrogen (secondary N) is 1. The zero-order valence-electron chi connectivity index (χ0n) is 16.8. The van der Waals surface area contributed by atoms with Gasteiger partial charge >= 0.3 is 0 Å². The molecule has 2 atom stereocenters. The van der Waals surface area contributed by atoms with E-state index in [0.717, 1.165) is 32.4 Å². The first-order chi connectivity index (χ1) is 14.6. The standard InChI is InChI=1S/C24H24BrN3OS/c1-15-9-10-17(18(25)14-15)20-11-12-21(29-20)23-22(19-8-4-5-13-26-19)27-24(30)28(23)16-6-2-3-7-16/h4-5,8-14,16,22-23H,2-3,6-7H2,1H3,(H,27,30)/t22-,23+/m1/s1. The monoisotopic (exact) mass is 481 g/mol. The van der Waals surface area contributed by atoms with Gasteiger partial charge in [0.1, 0.15) is 17.6 Å². The van der Waals surface area contributed by atoms with Crippen LogP contribution in [0.5, 0.6) is 0 Å². The third-order valence-corrected chi connectivity index (χ3v) is 7.15. The molecule has 30 heavy (non-hydrogen) atoms. The van der Waals surface area contributed by atoms with E-state index in [2.05, 4.69) is 74.5 Å². The van der Waals surface area contributed by atoms with Crippen LogP contribution < -0.4 is 5.32 Å². The highest BCUT2D eigenvalue weighted by atomic mass is 79.9. The Bertz CT molecular complexity index is 1060. The van der Waals surface area contributed by atoms with E-state index in [0.29, 0.717) is 6.04 Å². The normalized spacial score (nSPS) is 21.9. The Balaban J connectivity index is 1.55. The summed E-state index contributed by atoms with van der Waals surface area (Å²) in [5.74, 6) is 1.79. The molecule has 154 valence electrons. The van der Waals surface area contributed by atoms with Crippen LogP contribution in [0.15, 0.2) is 63.6 Å². The van der Waals surface area contributed by atoms with Crippen LogP contribution in [0.4, 0.5) is 0 Å². The van der Waals surface area contributed by atoms with Crippen molar-refractivity contribution in [2.24, 2.45) is 0 Å². The van der Waals surface area contributed by atoms with Gasteiger partial charge < -0.3 is 14.6 Å². The van der Waals surface area contributed by atoms with Crippen LogP contribution in [0.25, 0.3) is 11.3 Å². The van der Waals surface area contributed by atoms with E-state index in [-0.39, 0.29) is 12.1 Å². The van der Waals surface area contributed by atoms with E-state index >= 15 is 0 Å². The number of thiocarbonyl (C=S) groups is 1. The van der Waals surface area contributed by atoms with Crippen LogP contribution in [0.2, 0.25) is 0 Å². The van der Waals surface area contributed by atoms with Crippen molar-refractivity contribution in [3.05, 3.63) is 76.2 Å². The molecule has 2 aliphatic rings. The molecule has 5 rings (SSSR count). The van der Waals surface area contributed by atoms with Crippen molar-refractivity contribution in [2.75, 3.05) is 0 Å². The van der Waals surface area contributed by atoms with Crippen molar-refractivity contribution >= 4 is 33.3 Å². The lowest BCUT2D eigenvalue weighted by Crippen LogP contribution is -2.37. The zero-order valence-corrected chi connectivity index (χ0v) is 19.2. The number of halogens is 1. The van der Waals surface area contributed by atoms with E-state index in [9.17, 15) is 0 Å². The zero-order chi connectivity index (χ0) is 20.7. The van der Waals surface area contributed by atoms with Crippen molar-refractivity contribution in [1.29, 1.82) is 0 Å². The quantitative estimate of drug-likeness (QED) is 0.441. The molecule has 1 N–H and O–H groups in total. The number of rotatable bonds is 4. The summed E-state index contributed by atoms with van der Waals surface area (Å²) in [5.41, 5.74) is 3.26. The third-order valence-electron chi connectivity index (χ3n) is 6.16. The molecule has 2 fully saturated rings. The van der Waals surface area contributed by atoms with Gasteiger partial charge in [-0.1, -0.05) is 40.9 Å². The molecule has 0 bridgehead atoms. The average molecular weight is 482 g/mol. The lowest BCUT2D eigenvalue weighted by atomic mass is 10.0. The first-order valence-electron chi connectivity index (χ1n) is 10.5. The van der Waals surface area contributed by atoms with Crippen LogP contribution in [-0.2, 0) is 0 Å². The van der Waals surface area contributed by atoms with Gasteiger partial charge in [-0.2, -0.15) is 0 Å². The number of benzene rings is 1. The van der Waals surface area contributed by atoms with Crippen molar-refractivity contribution in [3.8, 4) is 11.3 Å². The largest absolute Gasteiger partial charge is 0.459 e. The number of aryl methyl sites for hydroxylation is 1. The SMILES string of the molecule is Cc1ccc(-c2ccc([C@H]3[C@@H](c4ccccn4)NC(=S)N3C3CCCC3)o2)c(Br)c1. The van der Waals surface area contributed by atoms with Crippen LogP contribution in [0.1, 0.15) is 54.8 Å². The van der Waals surface area contributed by atoms with Crippen LogP contribution >= 0.6 is 28.1 Å². The Morgan fingerprint density at radius 2 is 1.97 bits per heavy atom. The van der Waals surface area contributed by atoms with Crippen LogP contribution in [-0.4, -0.2) is 21.0 Å². The predicted molar refractivity (Wildman–Crippen MR) is 126 cm³/mol. The van der Waals surface area contributed by atoms with Crippen LogP contribution in [0, 0.1) is 6.92 Å². The maximum absolute atomic E-state index is 6.47. The van der Waals surface area contributed by atoms with E-state index in [1.165, 1.54) is 31.2 Å². The number of aromatic nitrogens is 1. The Hall–Kier alpha value is -2.18. The first-order valence-corrected chi connectivity index (χ1v) is 11.7. The Morgan fingerprint density at radius 3 is 2.70 bits per heavy atom. The molecule has 6 heteroatoms. The van der Waals surface area contributed by atoms with Gasteiger partial charge in [0.15, 0.2) is 5.11 Å². The molecule has 0 spiro atoms. The predicted octanol–water partition coefficient (Wildman–Crippen LogP) is 6.33. The Morgan fingerprint density at radius 1 is 1.13 bits per heavy atom. The third kappa shape index (κ3) is 3.56. The van der Waals surface area contributed by atoms with Gasteiger partial charge in [-0.15, -0.1) is 0 Å². The summed E-state index contributed by atoms with van der Waals surface area (Å²) >= 11 is 9.49. The van der Waals surface area contributed by atoms with Gasteiger partial charge in [-0.3, -0.25) is 4.98 Å². The second kappa shape index (κ2) is 8.16. The van der Waals surface area contributed by atoms with Crippen molar-refractivity contribution < 1.29 is 4.42 Å². The summed E-state index contributed by atoms with van der Waals surface area (Å²) in [6, 6.07) is 16.9. The minimum atomic E-state index is -0.0280. The molecule has 0 unspecified atom stereocenters. The van der Waals surface area contributed by atoms with Crippen molar-refractivity contribution in [1.82, 2.24) is 15.2 Å². The lowest BCUT2D eigenvalue weighted by Gasteiger charge is -2.31. The molecule has 1 saturated heterocycles. The minimum Gasteiger partial charge on any atom is -0.459 e. The second-order valence-electron chi connectivity index (χ2n) is 8.16. The summed E-state index contributed by atoms with van der Waals surface area (Å²) < 4.78 is 7.50. The molecule has 1 aliphatic carbocycles. The highest BCUT2D eigenvalue weighted by molar-refractivity contribution is 9.10. The molecular weight excluding hydrogens is 458 g/mol. The summed E-state index contributed by atoms with van der Waals surface area (Å²) in [6.45, 7) is 2.09. The Kier molecular flexibility index (Phi) is 5.37. The molecule has 3 aromatic rings. The first kappa shape index (κ1) is 19.8. The number of pyridine rings is 1. The molecule has 0 amide bonds. The van der Waals surface area contributed by atoms with E-state index < -0.39 is 0 Å². The number of furan rings is 1. The molecule has 4 nitrogen and oxygen atoms in total. The lowest BCUT2D eigenvalue weighted by molar-refractivity contribution is 0.218. The van der Waals surface area contributed by atoms with Gasteiger partial charge in [0, 0.05) is 22.3 Å². The molecule has 2 aromatic heterocycles. The van der Waals surface area contributed by atoms with Crippen molar-refractivity contribution in [2.45, 2.75) is 50.7 Å². The fourth-order valence-corrected chi connectivity index (χ4v) is 5.80. The van der Waals surface area contributed by atoms with Gasteiger partial charge in [-0.25, -0.2) is 0 Å². The number of hydrogen-bond donors (Lipinski definition) is 1. The van der Waals surface area contributed by atoms with Gasteiger partial charge in [0.05, 0.1) is 11.7 Å². The minimum absolute atomic E-state index is 0.00604. The molecule has 1 saturated carbocycles. The summed E-state index contributed by atoms with van der Waals surface area (Å²) in [6.07, 6.45) is 6.69. The maximum Gasteiger partial charge on any atom is 0.170 e. The number of nitrogens with zero attached hydrogens (tertiary/aromatic N) is 2. The highest BCUT2D eigenvalue weighted by Gasteiger charge is 2.45. The van der Waals surface area contributed by atoms with E-state index in [1.807, 2.05) is 18.3 Å². The van der Waals surface area contributed by atoms with Crippen molar-refractivity contribution in [3.63, 3.8) is 0 Å². The molecule has 3 heterocycles. The maximum atomic E-state index is 6.47. The molecule has 0 radical (unpaired) electrons. The molecular formula is C24H24BrN3OS. The topological polar surface area (TPSA) is 41.3 Å². The van der Waals surface area contributed by atoms with Crippen LogP contribution in [0.3, 0.4) is 0 Å². The van der Waals surface area contributed by atoms with Gasteiger partial charge in [0.2, 0.25) is 0 Å². The second-order valence-corrected chi connectivity index (χ2v) is 9.40. The fraction of sp³-hybridized carbons (Fsp3) is 0.333. The smallest absolute Gasteiger partial charge is 0.170 e. The van der Waals surface area contributed by atoms with E-state index in [1.54, 1.807) is 0 Å². The summed E-state index contributed by atoms with van der Waals surface area (Å²) in [4.78, 5) is 6.99. The average Bonchev–Trinajstić information content (AvgIpc) is 3.48.